The number of methoxy groups -OCH3 is 1. The summed E-state index contributed by atoms with van der Waals surface area (Å²) in [6, 6.07) is 6.04. The molecular weight excluding hydrogens is 328 g/mol. The van der Waals surface area contributed by atoms with E-state index >= 15 is 0 Å². The Balaban J connectivity index is 1.45. The molecule has 6 nitrogen and oxygen atoms in total. The second-order valence-corrected chi connectivity index (χ2v) is 7.52. The van der Waals surface area contributed by atoms with Crippen LogP contribution < -0.4 is 10.5 Å². The molecule has 0 unspecified atom stereocenters. The van der Waals surface area contributed by atoms with E-state index in [1.54, 1.807) is 18.0 Å². The van der Waals surface area contributed by atoms with Crippen molar-refractivity contribution in [2.24, 2.45) is 5.92 Å². The lowest BCUT2D eigenvalue weighted by Gasteiger charge is -2.39. The molecule has 1 aliphatic carbocycles. The van der Waals surface area contributed by atoms with Gasteiger partial charge in [-0.2, -0.15) is 0 Å². The molecule has 0 N–H and O–H groups in total. The number of ether oxygens (including phenoxy) is 1. The molecule has 1 aromatic heterocycles. The van der Waals surface area contributed by atoms with E-state index in [0.29, 0.717) is 18.5 Å². The number of benzene rings is 1. The monoisotopic (exact) mass is 356 g/mol. The van der Waals surface area contributed by atoms with Crippen molar-refractivity contribution < 1.29 is 4.74 Å². The molecule has 140 valence electrons. The van der Waals surface area contributed by atoms with Gasteiger partial charge in [-0.15, -0.1) is 0 Å². The van der Waals surface area contributed by atoms with Crippen LogP contribution in [0, 0.1) is 5.92 Å². The smallest absolute Gasteiger partial charge is 0.261 e. The zero-order chi connectivity index (χ0) is 17.9. The Morgan fingerprint density at radius 2 is 2.00 bits per heavy atom. The summed E-state index contributed by atoms with van der Waals surface area (Å²) in [5, 5.41) is 0.677. The minimum absolute atomic E-state index is 0.00363. The van der Waals surface area contributed by atoms with Gasteiger partial charge < -0.3 is 9.64 Å². The summed E-state index contributed by atoms with van der Waals surface area (Å²) in [6.45, 7) is 6.65. The molecule has 1 saturated carbocycles. The first kappa shape index (κ1) is 17.5. The summed E-state index contributed by atoms with van der Waals surface area (Å²) in [4.78, 5) is 22.1. The van der Waals surface area contributed by atoms with Gasteiger partial charge in [0, 0.05) is 45.5 Å². The number of aromatic nitrogens is 2. The van der Waals surface area contributed by atoms with Gasteiger partial charge >= 0.3 is 0 Å². The molecule has 6 heteroatoms. The Bertz CT molecular complexity index is 807. The zero-order valence-electron chi connectivity index (χ0n) is 15.6. The van der Waals surface area contributed by atoms with E-state index in [1.165, 1.54) is 31.5 Å². The Morgan fingerprint density at radius 3 is 2.69 bits per heavy atom. The number of fused-ring (bicyclic) bond motifs is 1. The van der Waals surface area contributed by atoms with Crippen molar-refractivity contribution in [1.29, 1.82) is 0 Å². The van der Waals surface area contributed by atoms with Crippen molar-refractivity contribution in [3.05, 3.63) is 34.9 Å². The highest BCUT2D eigenvalue weighted by Gasteiger charge is 2.24. The number of hydrogen-bond donors (Lipinski definition) is 0. The summed E-state index contributed by atoms with van der Waals surface area (Å²) in [7, 11) is 1.64. The summed E-state index contributed by atoms with van der Waals surface area (Å²) < 4.78 is 6.67. The third-order valence-electron chi connectivity index (χ3n) is 5.82. The predicted molar refractivity (Wildman–Crippen MR) is 104 cm³/mol. The molecular formula is C20H28N4O2. The largest absolute Gasteiger partial charge is 0.383 e. The predicted octanol–water partition coefficient (Wildman–Crippen LogP) is 1.96. The minimum atomic E-state index is 0.00363. The molecule has 2 heterocycles. The number of nitrogens with zero attached hydrogens (tertiary/aromatic N) is 4. The SMILES string of the molecule is COCCn1cnc2cc(N3CCN(CC4CCC4)CC3)ccc2c1=O. The van der Waals surface area contributed by atoms with E-state index in [2.05, 4.69) is 26.9 Å². The van der Waals surface area contributed by atoms with Crippen LogP contribution in [-0.2, 0) is 11.3 Å². The van der Waals surface area contributed by atoms with Gasteiger partial charge in [-0.05, 0) is 37.0 Å². The highest BCUT2D eigenvalue weighted by Crippen LogP contribution is 2.28. The fourth-order valence-corrected chi connectivity index (χ4v) is 3.92. The molecule has 1 aromatic carbocycles. The van der Waals surface area contributed by atoms with Crippen LogP contribution in [0.4, 0.5) is 5.69 Å². The summed E-state index contributed by atoms with van der Waals surface area (Å²) in [5.41, 5.74) is 1.95. The maximum atomic E-state index is 12.5. The van der Waals surface area contributed by atoms with E-state index in [0.717, 1.165) is 37.6 Å². The lowest BCUT2D eigenvalue weighted by Crippen LogP contribution is -2.48. The lowest BCUT2D eigenvalue weighted by molar-refractivity contribution is 0.170. The fourth-order valence-electron chi connectivity index (χ4n) is 3.92. The summed E-state index contributed by atoms with van der Waals surface area (Å²) in [5.74, 6) is 0.937. The molecule has 4 rings (SSSR count). The second kappa shape index (κ2) is 7.76. The van der Waals surface area contributed by atoms with Gasteiger partial charge in [-0.25, -0.2) is 4.98 Å². The third kappa shape index (κ3) is 3.62. The van der Waals surface area contributed by atoms with E-state index in [1.807, 2.05) is 6.07 Å². The Hall–Kier alpha value is -1.92. The first-order chi connectivity index (χ1) is 12.7. The number of anilines is 1. The average molecular weight is 356 g/mol. The van der Waals surface area contributed by atoms with Gasteiger partial charge in [0.2, 0.25) is 0 Å². The highest BCUT2D eigenvalue weighted by atomic mass is 16.5. The van der Waals surface area contributed by atoms with Gasteiger partial charge in [0.15, 0.2) is 0 Å². The Kier molecular flexibility index (Phi) is 5.22. The minimum Gasteiger partial charge on any atom is -0.383 e. The Morgan fingerprint density at radius 1 is 1.19 bits per heavy atom. The van der Waals surface area contributed by atoms with Gasteiger partial charge in [-0.1, -0.05) is 6.42 Å². The van der Waals surface area contributed by atoms with Crippen LogP contribution in [0.15, 0.2) is 29.3 Å². The quantitative estimate of drug-likeness (QED) is 0.792. The molecule has 2 aromatic rings. The van der Waals surface area contributed by atoms with Crippen LogP contribution in [-0.4, -0.2) is 60.9 Å². The molecule has 2 fully saturated rings. The van der Waals surface area contributed by atoms with Crippen molar-refractivity contribution in [2.45, 2.75) is 25.8 Å². The lowest BCUT2D eigenvalue weighted by atomic mass is 9.85. The van der Waals surface area contributed by atoms with Gasteiger partial charge in [0.1, 0.15) is 0 Å². The van der Waals surface area contributed by atoms with Crippen molar-refractivity contribution in [1.82, 2.24) is 14.5 Å². The molecule has 1 aliphatic heterocycles. The first-order valence-corrected chi connectivity index (χ1v) is 9.70. The third-order valence-corrected chi connectivity index (χ3v) is 5.82. The molecule has 0 radical (unpaired) electrons. The molecule has 26 heavy (non-hydrogen) atoms. The normalized spacial score (nSPS) is 19.0. The molecule has 1 saturated heterocycles. The average Bonchev–Trinajstić information content (AvgIpc) is 2.64. The molecule has 0 spiro atoms. The van der Waals surface area contributed by atoms with E-state index in [-0.39, 0.29) is 5.56 Å². The number of hydrogen-bond acceptors (Lipinski definition) is 5. The number of piperazine rings is 1. The summed E-state index contributed by atoms with van der Waals surface area (Å²) in [6.07, 6.45) is 5.88. The number of rotatable bonds is 6. The second-order valence-electron chi connectivity index (χ2n) is 7.52. The topological polar surface area (TPSA) is 50.6 Å². The summed E-state index contributed by atoms with van der Waals surface area (Å²) >= 11 is 0. The first-order valence-electron chi connectivity index (χ1n) is 9.70. The van der Waals surface area contributed by atoms with Crippen LogP contribution in [0.5, 0.6) is 0 Å². The Labute approximate surface area is 154 Å². The molecule has 0 amide bonds. The van der Waals surface area contributed by atoms with E-state index in [9.17, 15) is 4.79 Å². The van der Waals surface area contributed by atoms with Crippen molar-refractivity contribution in [2.75, 3.05) is 51.3 Å². The maximum Gasteiger partial charge on any atom is 0.261 e. The van der Waals surface area contributed by atoms with Crippen molar-refractivity contribution in [3.8, 4) is 0 Å². The zero-order valence-corrected chi connectivity index (χ0v) is 15.6. The van der Waals surface area contributed by atoms with Gasteiger partial charge in [0.05, 0.1) is 30.4 Å². The van der Waals surface area contributed by atoms with Crippen LogP contribution >= 0.6 is 0 Å². The molecule has 0 atom stereocenters. The van der Waals surface area contributed by atoms with Crippen LogP contribution in [0.2, 0.25) is 0 Å². The molecule has 0 bridgehead atoms. The van der Waals surface area contributed by atoms with Crippen LogP contribution in [0.3, 0.4) is 0 Å². The standard InChI is InChI=1S/C20H28N4O2/c1-26-12-11-24-15-21-19-13-17(5-6-18(19)20(24)25)23-9-7-22(8-10-23)14-16-3-2-4-16/h5-6,13,15-16H,2-4,7-12,14H2,1H3. The highest BCUT2D eigenvalue weighted by molar-refractivity contribution is 5.81. The molecule has 2 aliphatic rings. The van der Waals surface area contributed by atoms with Crippen LogP contribution in [0.25, 0.3) is 10.9 Å². The van der Waals surface area contributed by atoms with E-state index in [4.69, 9.17) is 4.74 Å². The van der Waals surface area contributed by atoms with Crippen molar-refractivity contribution >= 4 is 16.6 Å². The fraction of sp³-hybridized carbons (Fsp3) is 0.600. The van der Waals surface area contributed by atoms with Crippen molar-refractivity contribution in [3.63, 3.8) is 0 Å². The van der Waals surface area contributed by atoms with E-state index < -0.39 is 0 Å². The van der Waals surface area contributed by atoms with Crippen LogP contribution in [0.1, 0.15) is 19.3 Å². The maximum absolute atomic E-state index is 12.5. The van der Waals surface area contributed by atoms with Gasteiger partial charge in [0.25, 0.3) is 5.56 Å². The van der Waals surface area contributed by atoms with Gasteiger partial charge in [-0.3, -0.25) is 14.3 Å².